The molecule has 1 heterocycles. The Morgan fingerprint density at radius 1 is 1.14 bits per heavy atom. The quantitative estimate of drug-likeness (QED) is 0.642. The zero-order valence-electron chi connectivity index (χ0n) is 16.2. The fraction of sp³-hybridized carbons (Fsp3) is 0.286. The fourth-order valence-corrected chi connectivity index (χ4v) is 4.39. The Morgan fingerprint density at radius 3 is 2.46 bits per heavy atom. The zero-order chi connectivity index (χ0) is 20.5. The molecule has 0 saturated carbocycles. The molecule has 28 heavy (non-hydrogen) atoms. The van der Waals surface area contributed by atoms with Crippen LogP contribution in [-0.4, -0.2) is 30.9 Å². The van der Waals surface area contributed by atoms with Crippen LogP contribution in [0.1, 0.15) is 28.5 Å². The van der Waals surface area contributed by atoms with Gasteiger partial charge in [0, 0.05) is 10.9 Å². The van der Waals surface area contributed by atoms with Crippen LogP contribution in [0.3, 0.4) is 0 Å². The summed E-state index contributed by atoms with van der Waals surface area (Å²) in [6.45, 7) is 5.72. The fourth-order valence-electron chi connectivity index (χ4n) is 3.18. The monoisotopic (exact) mass is 400 g/mol. The molecule has 6 nitrogen and oxygen atoms in total. The molecule has 0 aliphatic carbocycles. The lowest BCUT2D eigenvalue weighted by molar-refractivity contribution is 0.0514. The first-order valence-corrected chi connectivity index (χ1v) is 10.6. The van der Waals surface area contributed by atoms with E-state index < -0.39 is 21.2 Å². The molecule has 3 aromatic rings. The number of sulfone groups is 1. The second-order valence-corrected chi connectivity index (χ2v) is 8.93. The molecule has 1 unspecified atom stereocenters. The maximum atomic E-state index is 12.9. The summed E-state index contributed by atoms with van der Waals surface area (Å²) in [5.74, 6) is -0.502. The van der Waals surface area contributed by atoms with Crippen molar-refractivity contribution < 1.29 is 17.9 Å². The minimum Gasteiger partial charge on any atom is -0.461 e. The maximum absolute atomic E-state index is 12.9. The minimum atomic E-state index is -3.76. The largest absolute Gasteiger partial charge is 0.461 e. The van der Waals surface area contributed by atoms with E-state index in [-0.39, 0.29) is 18.0 Å². The molecule has 0 amide bonds. The number of hydrogen-bond donors (Lipinski definition) is 1. The number of rotatable bonds is 6. The lowest BCUT2D eigenvalue weighted by Crippen LogP contribution is -2.35. The standard InChI is InChI=1S/C21H24N2O4S/c1-4-27-21(24)19-12-17-15(3)6-5-7-18(17)23(19)13-20(22)28(25,26)16-10-8-14(2)9-11-16/h5-12,20H,4,13,22H2,1-3H3. The molecule has 0 saturated heterocycles. The first kappa shape index (κ1) is 20.1. The normalized spacial score (nSPS) is 12.9. The van der Waals surface area contributed by atoms with Crippen LogP contribution in [0.15, 0.2) is 53.4 Å². The third-order valence-electron chi connectivity index (χ3n) is 4.76. The molecule has 1 atom stereocenters. The number of aromatic nitrogens is 1. The van der Waals surface area contributed by atoms with Gasteiger partial charge in [0.1, 0.15) is 11.1 Å². The second kappa shape index (κ2) is 7.77. The highest BCUT2D eigenvalue weighted by atomic mass is 32.2. The van der Waals surface area contributed by atoms with E-state index in [0.29, 0.717) is 5.69 Å². The van der Waals surface area contributed by atoms with Crippen LogP contribution >= 0.6 is 0 Å². The molecule has 0 aliphatic heterocycles. The van der Waals surface area contributed by atoms with Gasteiger partial charge in [-0.05, 0) is 50.6 Å². The van der Waals surface area contributed by atoms with Gasteiger partial charge in [0.2, 0.25) is 0 Å². The van der Waals surface area contributed by atoms with Gasteiger partial charge >= 0.3 is 5.97 Å². The van der Waals surface area contributed by atoms with Gasteiger partial charge < -0.3 is 15.0 Å². The van der Waals surface area contributed by atoms with E-state index >= 15 is 0 Å². The van der Waals surface area contributed by atoms with Crippen LogP contribution in [0, 0.1) is 13.8 Å². The summed E-state index contributed by atoms with van der Waals surface area (Å²) in [5, 5.41) is -0.343. The number of aryl methyl sites for hydroxylation is 2. The van der Waals surface area contributed by atoms with Crippen molar-refractivity contribution in [2.24, 2.45) is 5.73 Å². The average Bonchev–Trinajstić information content (AvgIpc) is 3.02. The van der Waals surface area contributed by atoms with E-state index in [4.69, 9.17) is 10.5 Å². The van der Waals surface area contributed by atoms with Gasteiger partial charge in [-0.1, -0.05) is 29.8 Å². The molecule has 0 radical (unpaired) electrons. The van der Waals surface area contributed by atoms with Crippen LogP contribution in [0.4, 0.5) is 0 Å². The number of esters is 1. The van der Waals surface area contributed by atoms with Crippen LogP contribution in [0.2, 0.25) is 0 Å². The molecular weight excluding hydrogens is 376 g/mol. The minimum absolute atomic E-state index is 0.0582. The lowest BCUT2D eigenvalue weighted by atomic mass is 10.1. The Hall–Kier alpha value is -2.64. The molecule has 0 aliphatic rings. The van der Waals surface area contributed by atoms with Crippen molar-refractivity contribution in [2.45, 2.75) is 37.6 Å². The second-order valence-electron chi connectivity index (χ2n) is 6.76. The van der Waals surface area contributed by atoms with E-state index in [0.717, 1.165) is 22.0 Å². The van der Waals surface area contributed by atoms with Gasteiger partial charge in [-0.2, -0.15) is 0 Å². The van der Waals surface area contributed by atoms with Crippen molar-refractivity contribution in [3.8, 4) is 0 Å². The summed E-state index contributed by atoms with van der Waals surface area (Å²) in [7, 11) is -3.76. The number of nitrogens with two attached hydrogens (primary N) is 1. The number of carbonyl (C=O) groups is 1. The van der Waals surface area contributed by atoms with Crippen molar-refractivity contribution in [1.29, 1.82) is 0 Å². The number of ether oxygens (including phenoxy) is 1. The van der Waals surface area contributed by atoms with Crippen molar-refractivity contribution in [2.75, 3.05) is 6.61 Å². The Labute approximate surface area is 164 Å². The van der Waals surface area contributed by atoms with Gasteiger partial charge in [-0.3, -0.25) is 0 Å². The molecule has 2 N–H and O–H groups in total. The zero-order valence-corrected chi connectivity index (χ0v) is 17.0. The summed E-state index contributed by atoms with van der Waals surface area (Å²) in [5.41, 5.74) is 9.11. The Bertz CT molecular complexity index is 1120. The molecule has 1 aromatic heterocycles. The van der Waals surface area contributed by atoms with Crippen molar-refractivity contribution >= 4 is 26.7 Å². The first-order valence-electron chi connectivity index (χ1n) is 9.07. The summed E-state index contributed by atoms with van der Waals surface area (Å²) in [6, 6.07) is 13.9. The molecule has 0 bridgehead atoms. The van der Waals surface area contributed by atoms with Crippen LogP contribution in [-0.2, 0) is 21.1 Å². The van der Waals surface area contributed by atoms with E-state index in [1.54, 1.807) is 41.8 Å². The summed E-state index contributed by atoms with van der Waals surface area (Å²) < 4.78 is 32.6. The van der Waals surface area contributed by atoms with Gasteiger partial charge in [0.25, 0.3) is 0 Å². The van der Waals surface area contributed by atoms with Crippen molar-refractivity contribution in [1.82, 2.24) is 4.57 Å². The lowest BCUT2D eigenvalue weighted by Gasteiger charge is -2.17. The predicted molar refractivity (Wildman–Crippen MR) is 109 cm³/mol. The van der Waals surface area contributed by atoms with E-state index in [9.17, 15) is 13.2 Å². The number of carbonyl (C=O) groups excluding carboxylic acids is 1. The Morgan fingerprint density at radius 2 is 1.82 bits per heavy atom. The molecule has 148 valence electrons. The average molecular weight is 401 g/mol. The summed E-state index contributed by atoms with van der Waals surface area (Å²) in [4.78, 5) is 12.6. The Balaban J connectivity index is 2.05. The van der Waals surface area contributed by atoms with Crippen molar-refractivity contribution in [3.63, 3.8) is 0 Å². The number of benzene rings is 2. The summed E-state index contributed by atoms with van der Waals surface area (Å²) >= 11 is 0. The third kappa shape index (κ3) is 3.68. The predicted octanol–water partition coefficient (Wildman–Crippen LogP) is 3.19. The molecular formula is C21H24N2O4S. The van der Waals surface area contributed by atoms with E-state index in [2.05, 4.69) is 0 Å². The SMILES string of the molecule is CCOC(=O)c1cc2c(C)cccc2n1CC(N)S(=O)(=O)c1ccc(C)cc1. The molecule has 3 rings (SSSR count). The van der Waals surface area contributed by atoms with Crippen LogP contribution < -0.4 is 5.73 Å². The third-order valence-corrected chi connectivity index (χ3v) is 6.63. The Kier molecular flexibility index (Phi) is 5.58. The number of fused-ring (bicyclic) bond motifs is 1. The molecule has 7 heteroatoms. The van der Waals surface area contributed by atoms with Crippen LogP contribution in [0.5, 0.6) is 0 Å². The maximum Gasteiger partial charge on any atom is 0.354 e. The topological polar surface area (TPSA) is 91.4 Å². The van der Waals surface area contributed by atoms with E-state index in [1.807, 2.05) is 32.0 Å². The van der Waals surface area contributed by atoms with Gasteiger partial charge in [0.05, 0.1) is 18.0 Å². The number of hydrogen-bond acceptors (Lipinski definition) is 5. The molecule has 0 fully saturated rings. The smallest absolute Gasteiger partial charge is 0.354 e. The van der Waals surface area contributed by atoms with Gasteiger partial charge in [0.15, 0.2) is 9.84 Å². The molecule has 0 spiro atoms. The highest BCUT2D eigenvalue weighted by Gasteiger charge is 2.27. The van der Waals surface area contributed by atoms with Crippen LogP contribution in [0.25, 0.3) is 10.9 Å². The van der Waals surface area contributed by atoms with E-state index in [1.165, 1.54) is 0 Å². The van der Waals surface area contributed by atoms with Crippen molar-refractivity contribution in [3.05, 3.63) is 65.4 Å². The number of nitrogens with zero attached hydrogens (tertiary/aromatic N) is 1. The van der Waals surface area contributed by atoms with Gasteiger partial charge in [-0.25, -0.2) is 13.2 Å². The first-order chi connectivity index (χ1) is 13.3. The summed E-state index contributed by atoms with van der Waals surface area (Å²) in [6.07, 6.45) is 0. The molecule has 2 aromatic carbocycles. The highest BCUT2D eigenvalue weighted by Crippen LogP contribution is 2.25. The van der Waals surface area contributed by atoms with Gasteiger partial charge in [-0.15, -0.1) is 0 Å². The highest BCUT2D eigenvalue weighted by molar-refractivity contribution is 7.92.